The smallest absolute Gasteiger partial charge is 0.270 e. The standard InChI is InChI=1S/C12H17N3O2/c13-8-5-11(15(6-8)9-1-2-9)12(17)14-4-3-10(16)7-14/h5-6,9-10,16H,1-4,7,13H2. The summed E-state index contributed by atoms with van der Waals surface area (Å²) in [6.45, 7) is 1.07. The number of anilines is 1. The van der Waals surface area contributed by atoms with Gasteiger partial charge in [-0.2, -0.15) is 0 Å². The summed E-state index contributed by atoms with van der Waals surface area (Å²) in [5, 5.41) is 9.47. The lowest BCUT2D eigenvalue weighted by Crippen LogP contribution is -2.31. The van der Waals surface area contributed by atoms with Gasteiger partial charge in [0, 0.05) is 25.3 Å². The number of nitrogens with two attached hydrogens (primary N) is 1. The van der Waals surface area contributed by atoms with Gasteiger partial charge in [0.25, 0.3) is 5.91 Å². The van der Waals surface area contributed by atoms with Gasteiger partial charge in [0.2, 0.25) is 0 Å². The summed E-state index contributed by atoms with van der Waals surface area (Å²) in [6, 6.07) is 2.18. The minimum Gasteiger partial charge on any atom is -0.397 e. The molecular weight excluding hydrogens is 218 g/mol. The largest absolute Gasteiger partial charge is 0.397 e. The zero-order chi connectivity index (χ0) is 12.0. The number of hydrogen-bond acceptors (Lipinski definition) is 3. The molecule has 17 heavy (non-hydrogen) atoms. The van der Waals surface area contributed by atoms with E-state index in [2.05, 4.69) is 0 Å². The zero-order valence-electron chi connectivity index (χ0n) is 9.67. The molecule has 0 spiro atoms. The van der Waals surface area contributed by atoms with E-state index in [0.29, 0.717) is 36.9 Å². The lowest BCUT2D eigenvalue weighted by Gasteiger charge is -2.16. The third kappa shape index (κ3) is 1.91. The van der Waals surface area contributed by atoms with Crippen LogP contribution < -0.4 is 5.73 Å². The fraction of sp³-hybridized carbons (Fsp3) is 0.583. The molecular formula is C12H17N3O2. The highest BCUT2D eigenvalue weighted by Gasteiger charge is 2.31. The third-order valence-electron chi connectivity index (χ3n) is 3.48. The van der Waals surface area contributed by atoms with Crippen LogP contribution in [0.15, 0.2) is 12.3 Å². The molecule has 3 N–H and O–H groups in total. The Bertz CT molecular complexity index is 451. The Hall–Kier alpha value is -1.49. The van der Waals surface area contributed by atoms with Crippen LogP contribution in [0.25, 0.3) is 0 Å². The Morgan fingerprint density at radius 3 is 2.76 bits per heavy atom. The number of carbonyl (C=O) groups excluding carboxylic acids is 1. The molecule has 92 valence electrons. The Labute approximate surface area is 99.8 Å². The van der Waals surface area contributed by atoms with Gasteiger partial charge in [-0.3, -0.25) is 4.79 Å². The van der Waals surface area contributed by atoms with Crippen LogP contribution in [0.1, 0.15) is 35.8 Å². The van der Waals surface area contributed by atoms with E-state index in [1.54, 1.807) is 11.0 Å². The van der Waals surface area contributed by atoms with E-state index in [4.69, 9.17) is 5.73 Å². The molecule has 5 nitrogen and oxygen atoms in total. The first-order valence-corrected chi connectivity index (χ1v) is 6.10. The zero-order valence-corrected chi connectivity index (χ0v) is 9.67. The Morgan fingerprint density at radius 2 is 2.18 bits per heavy atom. The van der Waals surface area contributed by atoms with Gasteiger partial charge in [-0.05, 0) is 25.3 Å². The maximum atomic E-state index is 12.3. The molecule has 1 saturated carbocycles. The number of amides is 1. The second kappa shape index (κ2) is 3.77. The number of nitrogen functional groups attached to an aromatic ring is 1. The number of likely N-dealkylation sites (tertiary alicyclic amines) is 1. The Morgan fingerprint density at radius 1 is 1.41 bits per heavy atom. The fourth-order valence-electron chi connectivity index (χ4n) is 2.42. The van der Waals surface area contributed by atoms with Crippen molar-refractivity contribution in [1.29, 1.82) is 0 Å². The highest BCUT2D eigenvalue weighted by atomic mass is 16.3. The summed E-state index contributed by atoms with van der Waals surface area (Å²) in [6.07, 6.45) is 4.39. The molecule has 0 radical (unpaired) electrons. The van der Waals surface area contributed by atoms with E-state index in [1.165, 1.54) is 0 Å². The number of hydrogen-bond donors (Lipinski definition) is 2. The van der Waals surface area contributed by atoms with Crippen molar-refractivity contribution in [3.05, 3.63) is 18.0 Å². The van der Waals surface area contributed by atoms with Gasteiger partial charge in [0.15, 0.2) is 0 Å². The first-order valence-electron chi connectivity index (χ1n) is 6.10. The maximum Gasteiger partial charge on any atom is 0.270 e. The van der Waals surface area contributed by atoms with Gasteiger partial charge in [-0.1, -0.05) is 0 Å². The van der Waals surface area contributed by atoms with Gasteiger partial charge >= 0.3 is 0 Å². The van der Waals surface area contributed by atoms with Crippen molar-refractivity contribution in [3.63, 3.8) is 0 Å². The van der Waals surface area contributed by atoms with Gasteiger partial charge in [-0.15, -0.1) is 0 Å². The van der Waals surface area contributed by atoms with Crippen LogP contribution in [0, 0.1) is 0 Å². The maximum absolute atomic E-state index is 12.3. The Kier molecular flexibility index (Phi) is 2.36. The minimum atomic E-state index is -0.374. The Balaban J connectivity index is 1.85. The van der Waals surface area contributed by atoms with Crippen LogP contribution in [0.4, 0.5) is 5.69 Å². The van der Waals surface area contributed by atoms with Crippen molar-refractivity contribution < 1.29 is 9.90 Å². The van der Waals surface area contributed by atoms with Crippen molar-refractivity contribution >= 4 is 11.6 Å². The van der Waals surface area contributed by atoms with Crippen molar-refractivity contribution in [3.8, 4) is 0 Å². The van der Waals surface area contributed by atoms with E-state index < -0.39 is 0 Å². The summed E-state index contributed by atoms with van der Waals surface area (Å²) in [7, 11) is 0. The predicted molar refractivity (Wildman–Crippen MR) is 63.6 cm³/mol. The molecule has 1 atom stereocenters. The van der Waals surface area contributed by atoms with Crippen LogP contribution in [0.5, 0.6) is 0 Å². The molecule has 1 aromatic rings. The molecule has 3 rings (SSSR count). The molecule has 0 bridgehead atoms. The van der Waals surface area contributed by atoms with Gasteiger partial charge in [-0.25, -0.2) is 0 Å². The number of nitrogens with zero attached hydrogens (tertiary/aromatic N) is 2. The molecule has 1 saturated heterocycles. The SMILES string of the molecule is Nc1cc(C(=O)N2CCC(O)C2)n(C2CC2)c1. The summed E-state index contributed by atoms with van der Waals surface area (Å²) in [5.74, 6) is -0.00912. The summed E-state index contributed by atoms with van der Waals surface area (Å²) in [4.78, 5) is 14.0. The second-order valence-corrected chi connectivity index (χ2v) is 4.99. The molecule has 5 heteroatoms. The van der Waals surface area contributed by atoms with Crippen molar-refractivity contribution in [2.24, 2.45) is 0 Å². The van der Waals surface area contributed by atoms with Crippen LogP contribution >= 0.6 is 0 Å². The van der Waals surface area contributed by atoms with E-state index in [-0.39, 0.29) is 12.0 Å². The number of rotatable bonds is 2. The summed E-state index contributed by atoms with van der Waals surface area (Å²) >= 11 is 0. The van der Waals surface area contributed by atoms with E-state index in [0.717, 1.165) is 12.8 Å². The lowest BCUT2D eigenvalue weighted by atomic mass is 10.3. The van der Waals surface area contributed by atoms with Crippen molar-refractivity contribution in [2.75, 3.05) is 18.8 Å². The number of aromatic nitrogens is 1. The number of aliphatic hydroxyl groups excluding tert-OH is 1. The van der Waals surface area contributed by atoms with Crippen LogP contribution in [-0.4, -0.2) is 39.7 Å². The molecule has 0 aromatic carbocycles. The fourth-order valence-corrected chi connectivity index (χ4v) is 2.42. The normalized spacial score (nSPS) is 24.3. The number of β-amino-alcohol motifs (C(OH)–C–C–N with tert-alkyl or cyclic N) is 1. The highest BCUT2D eigenvalue weighted by molar-refractivity contribution is 5.94. The van der Waals surface area contributed by atoms with Gasteiger partial charge < -0.3 is 20.3 Å². The molecule has 1 aliphatic heterocycles. The molecule has 1 unspecified atom stereocenters. The monoisotopic (exact) mass is 235 g/mol. The van der Waals surface area contributed by atoms with E-state index >= 15 is 0 Å². The quantitative estimate of drug-likeness (QED) is 0.789. The molecule has 1 aromatic heterocycles. The number of aliphatic hydroxyl groups is 1. The topological polar surface area (TPSA) is 71.5 Å². The first kappa shape index (κ1) is 10.7. The van der Waals surface area contributed by atoms with Gasteiger partial charge in [0.05, 0.1) is 11.8 Å². The first-order chi connectivity index (χ1) is 8.15. The van der Waals surface area contributed by atoms with Crippen LogP contribution in [-0.2, 0) is 0 Å². The van der Waals surface area contributed by atoms with Crippen LogP contribution in [0.3, 0.4) is 0 Å². The average molecular weight is 235 g/mol. The minimum absolute atomic E-state index is 0.00912. The molecule has 2 heterocycles. The van der Waals surface area contributed by atoms with E-state index in [1.807, 2.05) is 10.8 Å². The van der Waals surface area contributed by atoms with Crippen molar-refractivity contribution in [2.45, 2.75) is 31.4 Å². The lowest BCUT2D eigenvalue weighted by molar-refractivity contribution is 0.0754. The van der Waals surface area contributed by atoms with Gasteiger partial charge in [0.1, 0.15) is 5.69 Å². The van der Waals surface area contributed by atoms with E-state index in [9.17, 15) is 9.90 Å². The van der Waals surface area contributed by atoms with Crippen molar-refractivity contribution in [1.82, 2.24) is 9.47 Å². The average Bonchev–Trinajstić information content (AvgIpc) is 2.94. The highest BCUT2D eigenvalue weighted by Crippen LogP contribution is 2.37. The number of carbonyl (C=O) groups is 1. The second-order valence-electron chi connectivity index (χ2n) is 4.99. The third-order valence-corrected chi connectivity index (χ3v) is 3.48. The van der Waals surface area contributed by atoms with Crippen LogP contribution in [0.2, 0.25) is 0 Å². The molecule has 1 aliphatic carbocycles. The predicted octanol–water partition coefficient (Wildman–Crippen LogP) is 0.612. The summed E-state index contributed by atoms with van der Waals surface area (Å²) < 4.78 is 1.99. The summed E-state index contributed by atoms with van der Waals surface area (Å²) in [5.41, 5.74) is 7.07. The molecule has 2 aliphatic rings. The molecule has 2 fully saturated rings. The molecule has 1 amide bonds.